The lowest BCUT2D eigenvalue weighted by atomic mass is 9.81. The molecule has 1 heterocycles. The molecular weight excluding hydrogens is 186 g/mol. The maximum atomic E-state index is 10.2. The standard InChI is InChI=1S/C13H25NO/c15-13(12-7-4-8-14-10-12)9-11-5-2-1-3-6-11/h11-15H,1-10H2. The quantitative estimate of drug-likeness (QED) is 0.751. The minimum absolute atomic E-state index is 0.0408. The Kier molecular flexibility index (Phi) is 4.45. The summed E-state index contributed by atoms with van der Waals surface area (Å²) in [7, 11) is 0. The smallest absolute Gasteiger partial charge is 0.0583 e. The molecule has 0 amide bonds. The highest BCUT2D eigenvalue weighted by molar-refractivity contribution is 4.79. The first-order valence-electron chi connectivity index (χ1n) is 6.75. The number of rotatable bonds is 3. The third-order valence-electron chi connectivity index (χ3n) is 4.18. The van der Waals surface area contributed by atoms with Gasteiger partial charge in [0.15, 0.2) is 0 Å². The van der Waals surface area contributed by atoms with Crippen LogP contribution >= 0.6 is 0 Å². The van der Waals surface area contributed by atoms with Crippen molar-refractivity contribution in [2.24, 2.45) is 11.8 Å². The second-order valence-corrected chi connectivity index (χ2v) is 5.41. The average Bonchev–Trinajstić information content (AvgIpc) is 2.31. The second-order valence-electron chi connectivity index (χ2n) is 5.41. The number of aliphatic hydroxyl groups excluding tert-OH is 1. The van der Waals surface area contributed by atoms with Gasteiger partial charge in [-0.05, 0) is 37.6 Å². The first kappa shape index (κ1) is 11.4. The Bertz CT molecular complexity index is 171. The molecule has 0 aromatic carbocycles. The van der Waals surface area contributed by atoms with Crippen LogP contribution in [0.4, 0.5) is 0 Å². The van der Waals surface area contributed by atoms with Crippen LogP contribution in [0.5, 0.6) is 0 Å². The fourth-order valence-corrected chi connectivity index (χ4v) is 3.16. The zero-order valence-electron chi connectivity index (χ0n) is 9.75. The third kappa shape index (κ3) is 3.46. The molecule has 0 radical (unpaired) electrons. The average molecular weight is 211 g/mol. The fraction of sp³-hybridized carbons (Fsp3) is 1.00. The molecule has 2 nitrogen and oxygen atoms in total. The number of hydrogen-bond acceptors (Lipinski definition) is 2. The molecule has 2 heteroatoms. The molecule has 2 unspecified atom stereocenters. The van der Waals surface area contributed by atoms with Crippen LogP contribution in [0.1, 0.15) is 51.4 Å². The summed E-state index contributed by atoms with van der Waals surface area (Å²) in [6.07, 6.45) is 10.4. The number of hydrogen-bond donors (Lipinski definition) is 2. The molecule has 1 saturated carbocycles. The van der Waals surface area contributed by atoms with Crippen molar-refractivity contribution in [3.8, 4) is 0 Å². The molecule has 88 valence electrons. The van der Waals surface area contributed by atoms with Crippen LogP contribution in [0.3, 0.4) is 0 Å². The summed E-state index contributed by atoms with van der Waals surface area (Å²) in [6.45, 7) is 2.18. The fourth-order valence-electron chi connectivity index (χ4n) is 3.16. The molecule has 1 aliphatic heterocycles. The number of nitrogens with one attached hydrogen (secondary N) is 1. The van der Waals surface area contributed by atoms with Crippen molar-refractivity contribution in [3.05, 3.63) is 0 Å². The summed E-state index contributed by atoms with van der Waals surface area (Å²) >= 11 is 0. The van der Waals surface area contributed by atoms with Crippen LogP contribution in [0.15, 0.2) is 0 Å². The number of piperidine rings is 1. The van der Waals surface area contributed by atoms with E-state index in [2.05, 4.69) is 5.32 Å². The van der Waals surface area contributed by atoms with Crippen molar-refractivity contribution >= 4 is 0 Å². The Morgan fingerprint density at radius 1 is 1.07 bits per heavy atom. The van der Waals surface area contributed by atoms with Crippen LogP contribution < -0.4 is 5.32 Å². The zero-order chi connectivity index (χ0) is 10.5. The summed E-state index contributed by atoms with van der Waals surface area (Å²) in [5, 5.41) is 13.6. The minimum atomic E-state index is -0.0408. The maximum Gasteiger partial charge on any atom is 0.0583 e. The van der Waals surface area contributed by atoms with Gasteiger partial charge in [0.25, 0.3) is 0 Å². The Morgan fingerprint density at radius 3 is 2.53 bits per heavy atom. The zero-order valence-corrected chi connectivity index (χ0v) is 9.75. The van der Waals surface area contributed by atoms with E-state index in [0.29, 0.717) is 5.92 Å². The molecule has 0 bridgehead atoms. The van der Waals surface area contributed by atoms with Gasteiger partial charge in [-0.1, -0.05) is 32.1 Å². The summed E-state index contributed by atoms with van der Waals surface area (Å²) in [5.41, 5.74) is 0. The van der Waals surface area contributed by atoms with Gasteiger partial charge in [0.2, 0.25) is 0 Å². The molecule has 2 N–H and O–H groups in total. The van der Waals surface area contributed by atoms with Crippen LogP contribution in [-0.2, 0) is 0 Å². The minimum Gasteiger partial charge on any atom is -0.393 e. The summed E-state index contributed by atoms with van der Waals surface area (Å²) in [4.78, 5) is 0. The molecule has 2 rings (SSSR count). The van der Waals surface area contributed by atoms with Gasteiger partial charge in [-0.3, -0.25) is 0 Å². The normalized spacial score (nSPS) is 31.4. The highest BCUT2D eigenvalue weighted by atomic mass is 16.3. The molecule has 0 aromatic heterocycles. The summed E-state index contributed by atoms with van der Waals surface area (Å²) in [6, 6.07) is 0. The summed E-state index contributed by atoms with van der Waals surface area (Å²) in [5.74, 6) is 1.34. The topological polar surface area (TPSA) is 32.3 Å². The van der Waals surface area contributed by atoms with Gasteiger partial charge in [0.05, 0.1) is 6.10 Å². The monoisotopic (exact) mass is 211 g/mol. The number of aliphatic hydroxyl groups is 1. The molecular formula is C13H25NO. The molecule has 2 fully saturated rings. The first-order valence-corrected chi connectivity index (χ1v) is 6.75. The summed E-state index contributed by atoms with van der Waals surface area (Å²) < 4.78 is 0. The van der Waals surface area contributed by atoms with Gasteiger partial charge in [-0.2, -0.15) is 0 Å². The molecule has 15 heavy (non-hydrogen) atoms. The lowest BCUT2D eigenvalue weighted by Crippen LogP contribution is -2.37. The Morgan fingerprint density at radius 2 is 1.87 bits per heavy atom. The molecule has 2 atom stereocenters. The lowest BCUT2D eigenvalue weighted by Gasteiger charge is -2.31. The predicted octanol–water partition coefficient (Wildman–Crippen LogP) is 2.32. The van der Waals surface area contributed by atoms with Crippen LogP contribution in [0.2, 0.25) is 0 Å². The Labute approximate surface area is 93.5 Å². The van der Waals surface area contributed by atoms with E-state index in [0.717, 1.165) is 25.4 Å². The SMILES string of the molecule is OC(CC1CCCCC1)C1CCCNC1. The van der Waals surface area contributed by atoms with Gasteiger partial charge < -0.3 is 10.4 Å². The van der Waals surface area contributed by atoms with Gasteiger partial charge in [0, 0.05) is 6.54 Å². The highest BCUT2D eigenvalue weighted by Crippen LogP contribution is 2.30. The first-order chi connectivity index (χ1) is 7.36. The lowest BCUT2D eigenvalue weighted by molar-refractivity contribution is 0.0622. The van der Waals surface area contributed by atoms with E-state index in [-0.39, 0.29) is 6.10 Å². The second kappa shape index (κ2) is 5.86. The van der Waals surface area contributed by atoms with Crippen molar-refractivity contribution < 1.29 is 5.11 Å². The van der Waals surface area contributed by atoms with Gasteiger partial charge in [0.1, 0.15) is 0 Å². The van der Waals surface area contributed by atoms with E-state index in [9.17, 15) is 5.11 Å². The predicted molar refractivity (Wildman–Crippen MR) is 62.8 cm³/mol. The molecule has 0 spiro atoms. The van der Waals surface area contributed by atoms with Crippen molar-refractivity contribution in [2.75, 3.05) is 13.1 Å². The Balaban J connectivity index is 1.72. The van der Waals surface area contributed by atoms with E-state index in [4.69, 9.17) is 0 Å². The van der Waals surface area contributed by atoms with Crippen LogP contribution in [0.25, 0.3) is 0 Å². The van der Waals surface area contributed by atoms with Gasteiger partial charge in [-0.25, -0.2) is 0 Å². The molecule has 2 aliphatic rings. The molecule has 1 saturated heterocycles. The maximum absolute atomic E-state index is 10.2. The third-order valence-corrected chi connectivity index (χ3v) is 4.18. The van der Waals surface area contributed by atoms with Crippen LogP contribution in [0, 0.1) is 11.8 Å². The van der Waals surface area contributed by atoms with Crippen molar-refractivity contribution in [1.82, 2.24) is 5.32 Å². The van der Waals surface area contributed by atoms with E-state index >= 15 is 0 Å². The largest absolute Gasteiger partial charge is 0.393 e. The molecule has 0 aromatic rings. The van der Waals surface area contributed by atoms with Crippen molar-refractivity contribution in [1.29, 1.82) is 0 Å². The van der Waals surface area contributed by atoms with E-state index in [1.807, 2.05) is 0 Å². The van der Waals surface area contributed by atoms with E-state index in [1.54, 1.807) is 0 Å². The van der Waals surface area contributed by atoms with E-state index in [1.165, 1.54) is 44.9 Å². The Hall–Kier alpha value is -0.0800. The molecule has 1 aliphatic carbocycles. The van der Waals surface area contributed by atoms with E-state index < -0.39 is 0 Å². The van der Waals surface area contributed by atoms with Crippen molar-refractivity contribution in [2.45, 2.75) is 57.5 Å². The van der Waals surface area contributed by atoms with Crippen molar-refractivity contribution in [3.63, 3.8) is 0 Å². The van der Waals surface area contributed by atoms with Crippen LogP contribution in [-0.4, -0.2) is 24.3 Å². The highest BCUT2D eigenvalue weighted by Gasteiger charge is 2.25. The van der Waals surface area contributed by atoms with Gasteiger partial charge in [-0.15, -0.1) is 0 Å². The van der Waals surface area contributed by atoms with Gasteiger partial charge >= 0.3 is 0 Å².